The van der Waals surface area contributed by atoms with E-state index in [9.17, 15) is 9.59 Å². The van der Waals surface area contributed by atoms with Gasteiger partial charge in [-0.05, 0) is 44.0 Å². The summed E-state index contributed by atoms with van der Waals surface area (Å²) in [5, 5.41) is 6.10. The second kappa shape index (κ2) is 10.0. The summed E-state index contributed by atoms with van der Waals surface area (Å²) in [5.41, 5.74) is 1.89. The monoisotopic (exact) mass is 276 g/mol. The van der Waals surface area contributed by atoms with Gasteiger partial charge in [0, 0.05) is 30.8 Å². The zero-order chi connectivity index (χ0) is 14.6. The van der Waals surface area contributed by atoms with Gasteiger partial charge in [-0.1, -0.05) is 12.8 Å². The van der Waals surface area contributed by atoms with Crippen molar-refractivity contribution in [3.63, 3.8) is 0 Å². The molecule has 1 rings (SSSR count). The third-order valence-corrected chi connectivity index (χ3v) is 3.03. The maximum Gasteiger partial charge on any atom is 0.224 e. The first-order valence-electron chi connectivity index (χ1n) is 7.33. The number of aldehydes is 1. The number of carbonyl (C=O) groups is 2. The molecular weight excluding hydrogens is 252 g/mol. The van der Waals surface area contributed by atoms with Gasteiger partial charge in [0.1, 0.15) is 6.29 Å². The van der Waals surface area contributed by atoms with E-state index in [2.05, 4.69) is 10.6 Å². The Hall–Kier alpha value is -1.84. The molecule has 0 aliphatic carbocycles. The predicted octanol–water partition coefficient (Wildman–Crippen LogP) is 3.60. The molecule has 0 aromatic heterocycles. The quantitative estimate of drug-likeness (QED) is 0.507. The van der Waals surface area contributed by atoms with Crippen LogP contribution in [-0.4, -0.2) is 18.7 Å². The molecule has 0 bridgehead atoms. The van der Waals surface area contributed by atoms with Crippen LogP contribution in [0.2, 0.25) is 0 Å². The molecule has 0 atom stereocenters. The number of unbranched alkanes of at least 4 members (excludes halogenated alkanes) is 4. The Morgan fingerprint density at radius 2 is 1.70 bits per heavy atom. The summed E-state index contributed by atoms with van der Waals surface area (Å²) < 4.78 is 0. The molecule has 0 saturated carbocycles. The summed E-state index contributed by atoms with van der Waals surface area (Å²) in [7, 11) is 0. The second-order valence-electron chi connectivity index (χ2n) is 4.78. The maximum absolute atomic E-state index is 11.7. The van der Waals surface area contributed by atoms with Crippen LogP contribution in [-0.2, 0) is 9.59 Å². The number of carbonyl (C=O) groups excluding carboxylic acids is 2. The third-order valence-electron chi connectivity index (χ3n) is 3.03. The van der Waals surface area contributed by atoms with Crippen LogP contribution in [0.5, 0.6) is 0 Å². The van der Waals surface area contributed by atoms with Crippen molar-refractivity contribution in [1.29, 1.82) is 0 Å². The number of hydrogen-bond donors (Lipinski definition) is 2. The lowest BCUT2D eigenvalue weighted by Gasteiger charge is -2.07. The van der Waals surface area contributed by atoms with Crippen LogP contribution >= 0.6 is 0 Å². The summed E-state index contributed by atoms with van der Waals surface area (Å²) >= 11 is 0. The number of amides is 1. The fraction of sp³-hybridized carbons (Fsp3) is 0.500. The Morgan fingerprint density at radius 3 is 2.35 bits per heavy atom. The molecule has 0 heterocycles. The van der Waals surface area contributed by atoms with E-state index in [0.29, 0.717) is 12.8 Å². The van der Waals surface area contributed by atoms with Crippen LogP contribution in [0.4, 0.5) is 11.4 Å². The normalized spacial score (nSPS) is 10.1. The summed E-state index contributed by atoms with van der Waals surface area (Å²) in [6.45, 7) is 2.93. The average Bonchev–Trinajstić information content (AvgIpc) is 2.45. The van der Waals surface area contributed by atoms with Gasteiger partial charge >= 0.3 is 0 Å². The first-order valence-corrected chi connectivity index (χ1v) is 7.33. The van der Waals surface area contributed by atoms with Crippen LogP contribution in [0.3, 0.4) is 0 Å². The fourth-order valence-corrected chi connectivity index (χ4v) is 1.97. The lowest BCUT2D eigenvalue weighted by Crippen LogP contribution is -2.11. The van der Waals surface area contributed by atoms with Crippen molar-refractivity contribution in [3.8, 4) is 0 Å². The zero-order valence-electron chi connectivity index (χ0n) is 12.2. The van der Waals surface area contributed by atoms with E-state index in [4.69, 9.17) is 0 Å². The smallest absolute Gasteiger partial charge is 0.224 e. The van der Waals surface area contributed by atoms with Gasteiger partial charge in [-0.15, -0.1) is 0 Å². The summed E-state index contributed by atoms with van der Waals surface area (Å²) in [6, 6.07) is 7.72. The topological polar surface area (TPSA) is 58.2 Å². The van der Waals surface area contributed by atoms with Crippen molar-refractivity contribution in [1.82, 2.24) is 0 Å². The minimum Gasteiger partial charge on any atom is -0.385 e. The highest BCUT2D eigenvalue weighted by Gasteiger charge is 2.02. The van der Waals surface area contributed by atoms with E-state index in [-0.39, 0.29) is 5.91 Å². The average molecular weight is 276 g/mol. The Labute approximate surface area is 121 Å². The lowest BCUT2D eigenvalue weighted by molar-refractivity contribution is -0.116. The van der Waals surface area contributed by atoms with E-state index < -0.39 is 0 Å². The SMILES string of the molecule is CCNc1ccc(NC(=O)CCCCCCC=O)cc1. The molecule has 1 aromatic rings. The van der Waals surface area contributed by atoms with E-state index in [1.807, 2.05) is 31.2 Å². The molecule has 0 radical (unpaired) electrons. The van der Waals surface area contributed by atoms with Crippen molar-refractivity contribution in [2.24, 2.45) is 0 Å². The minimum absolute atomic E-state index is 0.0524. The molecule has 0 unspecified atom stereocenters. The molecule has 0 spiro atoms. The maximum atomic E-state index is 11.7. The molecule has 0 aliphatic rings. The molecule has 4 heteroatoms. The Morgan fingerprint density at radius 1 is 1.05 bits per heavy atom. The van der Waals surface area contributed by atoms with Gasteiger partial charge in [-0.2, -0.15) is 0 Å². The highest BCUT2D eigenvalue weighted by atomic mass is 16.1. The van der Waals surface area contributed by atoms with Crippen molar-refractivity contribution in [3.05, 3.63) is 24.3 Å². The number of rotatable bonds is 10. The van der Waals surface area contributed by atoms with Gasteiger partial charge in [0.05, 0.1) is 0 Å². The highest BCUT2D eigenvalue weighted by Crippen LogP contribution is 2.14. The van der Waals surface area contributed by atoms with Gasteiger partial charge in [0.15, 0.2) is 0 Å². The summed E-state index contributed by atoms with van der Waals surface area (Å²) in [5.74, 6) is 0.0524. The van der Waals surface area contributed by atoms with Crippen LogP contribution in [0, 0.1) is 0 Å². The Balaban J connectivity index is 2.19. The van der Waals surface area contributed by atoms with E-state index in [1.54, 1.807) is 0 Å². The number of hydrogen-bond acceptors (Lipinski definition) is 3. The van der Waals surface area contributed by atoms with Crippen molar-refractivity contribution >= 4 is 23.6 Å². The van der Waals surface area contributed by atoms with Gasteiger partial charge in [-0.25, -0.2) is 0 Å². The fourth-order valence-electron chi connectivity index (χ4n) is 1.97. The van der Waals surface area contributed by atoms with Crippen molar-refractivity contribution < 1.29 is 9.59 Å². The van der Waals surface area contributed by atoms with Gasteiger partial charge in [-0.3, -0.25) is 4.79 Å². The van der Waals surface area contributed by atoms with Crippen LogP contribution in [0.25, 0.3) is 0 Å². The first kappa shape index (κ1) is 16.2. The first-order chi connectivity index (χ1) is 9.76. The van der Waals surface area contributed by atoms with Crippen LogP contribution in [0.1, 0.15) is 45.4 Å². The zero-order valence-corrected chi connectivity index (χ0v) is 12.2. The van der Waals surface area contributed by atoms with Crippen LogP contribution in [0.15, 0.2) is 24.3 Å². The molecule has 4 nitrogen and oxygen atoms in total. The number of nitrogens with one attached hydrogen (secondary N) is 2. The van der Waals surface area contributed by atoms with Gasteiger partial charge in [0.2, 0.25) is 5.91 Å². The molecule has 0 aliphatic heterocycles. The van der Waals surface area contributed by atoms with Crippen LogP contribution < -0.4 is 10.6 Å². The minimum atomic E-state index is 0.0524. The predicted molar refractivity (Wildman–Crippen MR) is 83.0 cm³/mol. The molecule has 0 fully saturated rings. The van der Waals surface area contributed by atoms with Crippen molar-refractivity contribution in [2.45, 2.75) is 45.4 Å². The summed E-state index contributed by atoms with van der Waals surface area (Å²) in [4.78, 5) is 21.9. The molecule has 0 saturated heterocycles. The molecular formula is C16H24N2O2. The standard InChI is InChI=1S/C16H24N2O2/c1-2-17-14-9-11-15(12-10-14)18-16(20)8-6-4-3-5-7-13-19/h9-13,17H,2-8H2,1H3,(H,18,20). The molecule has 2 N–H and O–H groups in total. The van der Waals surface area contributed by atoms with Crippen molar-refractivity contribution in [2.75, 3.05) is 17.2 Å². The highest BCUT2D eigenvalue weighted by molar-refractivity contribution is 5.90. The number of benzene rings is 1. The molecule has 20 heavy (non-hydrogen) atoms. The number of anilines is 2. The molecule has 1 amide bonds. The van der Waals surface area contributed by atoms with E-state index in [0.717, 1.165) is 49.9 Å². The Bertz CT molecular complexity index is 401. The lowest BCUT2D eigenvalue weighted by atomic mass is 10.1. The molecule has 1 aromatic carbocycles. The van der Waals surface area contributed by atoms with E-state index in [1.165, 1.54) is 0 Å². The Kier molecular flexibility index (Phi) is 8.11. The largest absolute Gasteiger partial charge is 0.385 e. The third kappa shape index (κ3) is 6.92. The van der Waals surface area contributed by atoms with E-state index >= 15 is 0 Å². The molecule has 110 valence electrons. The second-order valence-corrected chi connectivity index (χ2v) is 4.78. The van der Waals surface area contributed by atoms with Gasteiger partial charge < -0.3 is 15.4 Å². The summed E-state index contributed by atoms with van der Waals surface area (Å²) in [6.07, 6.45) is 5.94. The van der Waals surface area contributed by atoms with Gasteiger partial charge in [0.25, 0.3) is 0 Å².